The Kier molecular flexibility index (Phi) is 3.25. The zero-order valence-corrected chi connectivity index (χ0v) is 7.54. The SMILES string of the molecule is CC(O)CNC(=O)[C@H]1CCC(=O)N1. The summed E-state index contributed by atoms with van der Waals surface area (Å²) in [4.78, 5) is 22.0. The van der Waals surface area contributed by atoms with Gasteiger partial charge in [-0.05, 0) is 13.3 Å². The third-order valence-electron chi connectivity index (χ3n) is 1.88. The van der Waals surface area contributed by atoms with Gasteiger partial charge in [-0.1, -0.05) is 0 Å². The van der Waals surface area contributed by atoms with E-state index >= 15 is 0 Å². The molecule has 2 atom stereocenters. The maximum atomic E-state index is 11.3. The van der Waals surface area contributed by atoms with Gasteiger partial charge in [0.15, 0.2) is 0 Å². The van der Waals surface area contributed by atoms with E-state index in [9.17, 15) is 9.59 Å². The molecule has 0 aromatic rings. The summed E-state index contributed by atoms with van der Waals surface area (Å²) in [6, 6.07) is -0.411. The fourth-order valence-electron chi connectivity index (χ4n) is 1.18. The van der Waals surface area contributed by atoms with Gasteiger partial charge < -0.3 is 15.7 Å². The van der Waals surface area contributed by atoms with Crippen molar-refractivity contribution in [3.8, 4) is 0 Å². The number of amides is 2. The molecule has 1 heterocycles. The number of nitrogens with one attached hydrogen (secondary N) is 2. The van der Waals surface area contributed by atoms with E-state index in [1.807, 2.05) is 0 Å². The number of rotatable bonds is 3. The van der Waals surface area contributed by atoms with Crippen molar-refractivity contribution in [1.82, 2.24) is 10.6 Å². The first-order valence-electron chi connectivity index (χ1n) is 4.34. The van der Waals surface area contributed by atoms with E-state index in [4.69, 9.17) is 5.11 Å². The predicted octanol–water partition coefficient (Wildman–Crippen LogP) is -1.24. The molecule has 0 bridgehead atoms. The number of aliphatic hydroxyl groups is 1. The largest absolute Gasteiger partial charge is 0.392 e. The Labute approximate surface area is 76.5 Å². The van der Waals surface area contributed by atoms with Crippen LogP contribution in [0.1, 0.15) is 19.8 Å². The zero-order valence-electron chi connectivity index (χ0n) is 7.54. The molecule has 0 aromatic heterocycles. The van der Waals surface area contributed by atoms with E-state index in [0.29, 0.717) is 12.8 Å². The quantitative estimate of drug-likeness (QED) is 0.516. The van der Waals surface area contributed by atoms with Crippen LogP contribution in [0.15, 0.2) is 0 Å². The van der Waals surface area contributed by atoms with E-state index in [0.717, 1.165) is 0 Å². The molecule has 0 radical (unpaired) electrons. The van der Waals surface area contributed by atoms with E-state index < -0.39 is 12.1 Å². The highest BCUT2D eigenvalue weighted by molar-refractivity contribution is 5.90. The minimum absolute atomic E-state index is 0.0859. The van der Waals surface area contributed by atoms with E-state index in [1.165, 1.54) is 0 Å². The second-order valence-corrected chi connectivity index (χ2v) is 3.25. The molecule has 1 aliphatic heterocycles. The van der Waals surface area contributed by atoms with Crippen molar-refractivity contribution in [1.29, 1.82) is 0 Å². The lowest BCUT2D eigenvalue weighted by atomic mass is 10.2. The van der Waals surface area contributed by atoms with Crippen molar-refractivity contribution in [3.05, 3.63) is 0 Å². The Balaban J connectivity index is 2.27. The monoisotopic (exact) mass is 186 g/mol. The fourth-order valence-corrected chi connectivity index (χ4v) is 1.18. The van der Waals surface area contributed by atoms with Crippen molar-refractivity contribution in [2.75, 3.05) is 6.54 Å². The van der Waals surface area contributed by atoms with Gasteiger partial charge >= 0.3 is 0 Å². The smallest absolute Gasteiger partial charge is 0.242 e. The molecule has 3 N–H and O–H groups in total. The lowest BCUT2D eigenvalue weighted by Crippen LogP contribution is -2.43. The van der Waals surface area contributed by atoms with Gasteiger partial charge in [0.05, 0.1) is 6.10 Å². The van der Waals surface area contributed by atoms with Crippen molar-refractivity contribution in [3.63, 3.8) is 0 Å². The van der Waals surface area contributed by atoms with Crippen LogP contribution in [0.25, 0.3) is 0 Å². The Morgan fingerprint density at radius 1 is 1.85 bits per heavy atom. The third-order valence-corrected chi connectivity index (χ3v) is 1.88. The Hall–Kier alpha value is -1.10. The number of carbonyl (C=O) groups is 2. The van der Waals surface area contributed by atoms with E-state index in [-0.39, 0.29) is 18.4 Å². The highest BCUT2D eigenvalue weighted by Crippen LogP contribution is 2.05. The fraction of sp³-hybridized carbons (Fsp3) is 0.750. The van der Waals surface area contributed by atoms with Crippen LogP contribution >= 0.6 is 0 Å². The zero-order chi connectivity index (χ0) is 9.84. The summed E-state index contributed by atoms with van der Waals surface area (Å²) in [5, 5.41) is 14.0. The average molecular weight is 186 g/mol. The molecular weight excluding hydrogens is 172 g/mol. The van der Waals surface area contributed by atoms with Crippen LogP contribution in [0.2, 0.25) is 0 Å². The molecule has 1 saturated heterocycles. The van der Waals surface area contributed by atoms with Crippen LogP contribution in [0.4, 0.5) is 0 Å². The summed E-state index contributed by atoms with van der Waals surface area (Å²) in [5.74, 6) is -0.302. The summed E-state index contributed by atoms with van der Waals surface area (Å²) < 4.78 is 0. The Morgan fingerprint density at radius 3 is 3.00 bits per heavy atom. The molecule has 1 rings (SSSR count). The van der Waals surface area contributed by atoms with Crippen LogP contribution in [-0.2, 0) is 9.59 Å². The lowest BCUT2D eigenvalue weighted by molar-refractivity contribution is -0.126. The van der Waals surface area contributed by atoms with E-state index in [1.54, 1.807) is 6.92 Å². The van der Waals surface area contributed by atoms with Crippen LogP contribution < -0.4 is 10.6 Å². The van der Waals surface area contributed by atoms with E-state index in [2.05, 4.69) is 10.6 Å². The summed E-state index contributed by atoms with van der Waals surface area (Å²) in [6.07, 6.45) is 0.401. The highest BCUT2D eigenvalue weighted by Gasteiger charge is 2.26. The summed E-state index contributed by atoms with van der Waals surface area (Å²) >= 11 is 0. The first-order valence-corrected chi connectivity index (χ1v) is 4.34. The normalized spacial score (nSPS) is 23.8. The first kappa shape index (κ1) is 9.98. The van der Waals surface area contributed by atoms with Crippen LogP contribution in [0.3, 0.4) is 0 Å². The van der Waals surface area contributed by atoms with Gasteiger partial charge in [-0.15, -0.1) is 0 Å². The lowest BCUT2D eigenvalue weighted by Gasteiger charge is -2.11. The molecule has 0 saturated carbocycles. The molecule has 1 unspecified atom stereocenters. The van der Waals surface area contributed by atoms with Gasteiger partial charge in [0, 0.05) is 13.0 Å². The molecule has 13 heavy (non-hydrogen) atoms. The first-order chi connectivity index (χ1) is 6.09. The maximum absolute atomic E-state index is 11.3. The standard InChI is InChI=1S/C8H14N2O3/c1-5(11)4-9-8(13)6-2-3-7(12)10-6/h5-6,11H,2-4H2,1H3,(H,9,13)(H,10,12)/t5?,6-/m1/s1. The van der Waals surface area contributed by atoms with Crippen molar-refractivity contribution in [2.24, 2.45) is 0 Å². The molecule has 0 aliphatic carbocycles. The van der Waals surface area contributed by atoms with Crippen molar-refractivity contribution < 1.29 is 14.7 Å². The number of carbonyl (C=O) groups excluding carboxylic acids is 2. The van der Waals surface area contributed by atoms with Crippen molar-refractivity contribution in [2.45, 2.75) is 31.9 Å². The van der Waals surface area contributed by atoms with Crippen LogP contribution in [0, 0.1) is 0 Å². The summed E-state index contributed by atoms with van der Waals surface area (Å²) in [7, 11) is 0. The Bertz CT molecular complexity index is 215. The molecule has 74 valence electrons. The van der Waals surface area contributed by atoms with Gasteiger partial charge in [0.2, 0.25) is 11.8 Å². The second kappa shape index (κ2) is 4.23. The minimum atomic E-state index is -0.555. The van der Waals surface area contributed by atoms with Crippen LogP contribution in [-0.4, -0.2) is 35.6 Å². The second-order valence-electron chi connectivity index (χ2n) is 3.25. The predicted molar refractivity (Wildman–Crippen MR) is 45.9 cm³/mol. The molecule has 1 aliphatic rings. The average Bonchev–Trinajstić information content (AvgIpc) is 2.47. The van der Waals surface area contributed by atoms with Crippen LogP contribution in [0.5, 0.6) is 0 Å². The molecule has 1 fully saturated rings. The minimum Gasteiger partial charge on any atom is -0.392 e. The molecule has 0 aromatic carbocycles. The molecule has 0 spiro atoms. The number of hydrogen-bond donors (Lipinski definition) is 3. The van der Waals surface area contributed by atoms with Gasteiger partial charge in [-0.2, -0.15) is 0 Å². The maximum Gasteiger partial charge on any atom is 0.242 e. The molecule has 5 heteroatoms. The molecular formula is C8H14N2O3. The topological polar surface area (TPSA) is 78.4 Å². The highest BCUT2D eigenvalue weighted by atomic mass is 16.3. The van der Waals surface area contributed by atoms with Crippen molar-refractivity contribution >= 4 is 11.8 Å². The molecule has 2 amide bonds. The van der Waals surface area contributed by atoms with Gasteiger partial charge in [-0.3, -0.25) is 9.59 Å². The van der Waals surface area contributed by atoms with Gasteiger partial charge in [-0.25, -0.2) is 0 Å². The third kappa shape index (κ3) is 3.02. The van der Waals surface area contributed by atoms with Gasteiger partial charge in [0.25, 0.3) is 0 Å². The number of hydrogen-bond acceptors (Lipinski definition) is 3. The Morgan fingerprint density at radius 2 is 2.54 bits per heavy atom. The summed E-state index contributed by atoms with van der Waals surface area (Å²) in [5.41, 5.74) is 0. The summed E-state index contributed by atoms with van der Waals surface area (Å²) in [6.45, 7) is 1.82. The van der Waals surface area contributed by atoms with Gasteiger partial charge in [0.1, 0.15) is 6.04 Å². The number of aliphatic hydroxyl groups excluding tert-OH is 1. The molecule has 5 nitrogen and oxygen atoms in total.